The highest BCUT2D eigenvalue weighted by Crippen LogP contribution is 2.23. The second-order valence-corrected chi connectivity index (χ2v) is 6.51. The van der Waals surface area contributed by atoms with Gasteiger partial charge in [-0.25, -0.2) is 4.79 Å². The number of H-pyrrole nitrogens is 2. The number of nitrogens with two attached hydrogens (primary N) is 1. The molecule has 9 heteroatoms. The summed E-state index contributed by atoms with van der Waals surface area (Å²) in [6.45, 7) is 4.74. The maximum absolute atomic E-state index is 12.5. The summed E-state index contributed by atoms with van der Waals surface area (Å²) in [4.78, 5) is 39.7. The van der Waals surface area contributed by atoms with Crippen LogP contribution in [0.2, 0.25) is 0 Å². The largest absolute Gasteiger partial charge is 0.392 e. The van der Waals surface area contributed by atoms with Crippen molar-refractivity contribution in [1.82, 2.24) is 25.1 Å². The number of amides is 1. The van der Waals surface area contributed by atoms with Crippen LogP contribution in [0.1, 0.15) is 42.4 Å². The average molecular weight is 382 g/mol. The van der Waals surface area contributed by atoms with Gasteiger partial charge in [0, 0.05) is 18.3 Å². The number of aromatic nitrogens is 4. The van der Waals surface area contributed by atoms with E-state index in [0.29, 0.717) is 0 Å². The minimum Gasteiger partial charge on any atom is -0.392 e. The number of hydrogen-bond acceptors (Lipinski definition) is 5. The molecule has 9 nitrogen and oxygen atoms in total. The normalized spacial score (nSPS) is 11.9. The van der Waals surface area contributed by atoms with Gasteiger partial charge in [-0.1, -0.05) is 25.1 Å². The Kier molecular flexibility index (Phi) is 5.44. The van der Waals surface area contributed by atoms with Crippen molar-refractivity contribution >= 4 is 11.6 Å². The first-order valence-corrected chi connectivity index (χ1v) is 8.94. The molecule has 1 unspecified atom stereocenters. The van der Waals surface area contributed by atoms with Crippen molar-refractivity contribution in [2.75, 3.05) is 5.73 Å². The third kappa shape index (κ3) is 4.03. The molecule has 0 aliphatic heterocycles. The molecule has 3 aromatic rings. The molecule has 0 fully saturated rings. The Morgan fingerprint density at radius 3 is 2.82 bits per heavy atom. The number of carbonyl (C=O) groups excluding carboxylic acids is 1. The second kappa shape index (κ2) is 7.95. The Morgan fingerprint density at radius 1 is 1.29 bits per heavy atom. The molecule has 0 spiro atoms. The number of rotatable bonds is 6. The lowest BCUT2D eigenvalue weighted by Crippen LogP contribution is -2.34. The highest BCUT2D eigenvalue weighted by Gasteiger charge is 2.17. The van der Waals surface area contributed by atoms with Gasteiger partial charge in [0.05, 0.1) is 12.2 Å². The zero-order chi connectivity index (χ0) is 20.3. The van der Waals surface area contributed by atoms with E-state index in [1.54, 1.807) is 13.1 Å². The molecule has 0 aliphatic carbocycles. The molecule has 146 valence electrons. The van der Waals surface area contributed by atoms with Gasteiger partial charge < -0.3 is 16.0 Å². The highest BCUT2D eigenvalue weighted by molar-refractivity contribution is 5.97. The summed E-state index contributed by atoms with van der Waals surface area (Å²) >= 11 is 0. The SMILES string of the molecule is CCCn1cc(-c2cccc(C(C)NC(=O)c3[nH]c(=O)[nH]c(=O)c3N)c2)cn1. The molecule has 0 saturated carbocycles. The Balaban J connectivity index is 1.81. The van der Waals surface area contributed by atoms with Crippen molar-refractivity contribution in [2.45, 2.75) is 32.9 Å². The Morgan fingerprint density at radius 2 is 2.07 bits per heavy atom. The highest BCUT2D eigenvalue weighted by atomic mass is 16.2. The molecule has 2 aromatic heterocycles. The first-order valence-electron chi connectivity index (χ1n) is 8.94. The van der Waals surface area contributed by atoms with Crippen LogP contribution in [0, 0.1) is 0 Å². The predicted molar refractivity (Wildman–Crippen MR) is 106 cm³/mol. The smallest absolute Gasteiger partial charge is 0.326 e. The molecule has 3 rings (SSSR count). The summed E-state index contributed by atoms with van der Waals surface area (Å²) in [6, 6.07) is 7.34. The van der Waals surface area contributed by atoms with Gasteiger partial charge in [0.2, 0.25) is 0 Å². The van der Waals surface area contributed by atoms with Crippen LogP contribution < -0.4 is 22.3 Å². The van der Waals surface area contributed by atoms with Crippen LogP contribution in [0.4, 0.5) is 5.69 Å². The quantitative estimate of drug-likeness (QED) is 0.510. The number of nitrogens with one attached hydrogen (secondary N) is 3. The first kappa shape index (κ1) is 19.2. The maximum atomic E-state index is 12.5. The van der Waals surface area contributed by atoms with Crippen LogP contribution in [0.25, 0.3) is 11.1 Å². The zero-order valence-corrected chi connectivity index (χ0v) is 15.7. The van der Waals surface area contributed by atoms with Gasteiger partial charge in [0.25, 0.3) is 11.5 Å². The fourth-order valence-electron chi connectivity index (χ4n) is 2.88. The predicted octanol–water partition coefficient (Wildman–Crippen LogP) is 1.41. The fraction of sp³-hybridized carbons (Fsp3) is 0.263. The monoisotopic (exact) mass is 382 g/mol. The molecule has 0 bridgehead atoms. The molecule has 28 heavy (non-hydrogen) atoms. The van der Waals surface area contributed by atoms with Gasteiger partial charge >= 0.3 is 5.69 Å². The molecule has 1 amide bonds. The maximum Gasteiger partial charge on any atom is 0.326 e. The Bertz CT molecular complexity index is 1110. The molecule has 2 heterocycles. The lowest BCUT2D eigenvalue weighted by molar-refractivity contribution is 0.0935. The van der Waals surface area contributed by atoms with E-state index in [0.717, 1.165) is 29.7 Å². The van der Waals surface area contributed by atoms with Crippen molar-refractivity contribution in [3.8, 4) is 11.1 Å². The molecule has 0 aliphatic rings. The molecule has 1 aromatic carbocycles. The number of aromatic amines is 2. The third-order valence-corrected chi connectivity index (χ3v) is 4.36. The van der Waals surface area contributed by atoms with Crippen LogP contribution in [-0.2, 0) is 6.54 Å². The number of hydrogen-bond donors (Lipinski definition) is 4. The summed E-state index contributed by atoms with van der Waals surface area (Å²) in [5, 5.41) is 7.09. The van der Waals surface area contributed by atoms with Gasteiger partial charge in [-0.15, -0.1) is 0 Å². The standard InChI is InChI=1S/C19H22N6O3/c1-3-7-25-10-14(9-21-25)13-6-4-5-12(8-13)11(2)22-18(27)16-15(20)17(26)24-19(28)23-16/h4-6,8-11H,3,7,20H2,1-2H3,(H,22,27)(H2,23,24,26,28). The molecule has 0 saturated heterocycles. The molecule has 5 N–H and O–H groups in total. The minimum absolute atomic E-state index is 0.252. The van der Waals surface area contributed by atoms with Crippen molar-refractivity contribution in [2.24, 2.45) is 0 Å². The van der Waals surface area contributed by atoms with E-state index in [2.05, 4.69) is 22.3 Å². The second-order valence-electron chi connectivity index (χ2n) is 6.51. The number of benzene rings is 1. The zero-order valence-electron chi connectivity index (χ0n) is 15.7. The molecule has 1 atom stereocenters. The van der Waals surface area contributed by atoms with E-state index in [9.17, 15) is 14.4 Å². The first-order chi connectivity index (χ1) is 13.4. The van der Waals surface area contributed by atoms with E-state index in [1.165, 1.54) is 0 Å². The lowest BCUT2D eigenvalue weighted by atomic mass is 10.0. The van der Waals surface area contributed by atoms with Crippen LogP contribution in [0.5, 0.6) is 0 Å². The van der Waals surface area contributed by atoms with E-state index >= 15 is 0 Å². The van der Waals surface area contributed by atoms with Gasteiger partial charge in [0.1, 0.15) is 11.4 Å². The average Bonchev–Trinajstić information content (AvgIpc) is 3.13. The van der Waals surface area contributed by atoms with Crippen LogP contribution in [0.3, 0.4) is 0 Å². The number of nitrogens with zero attached hydrogens (tertiary/aromatic N) is 2. The molecular formula is C19H22N6O3. The van der Waals surface area contributed by atoms with E-state index in [-0.39, 0.29) is 17.4 Å². The third-order valence-electron chi connectivity index (χ3n) is 4.36. The number of aryl methyl sites for hydroxylation is 1. The summed E-state index contributed by atoms with van der Waals surface area (Å²) in [6.07, 6.45) is 4.78. The number of nitrogen functional groups attached to an aromatic ring is 1. The molecule has 0 radical (unpaired) electrons. The molecular weight excluding hydrogens is 360 g/mol. The minimum atomic E-state index is -0.798. The Labute approximate surface area is 160 Å². The van der Waals surface area contributed by atoms with Gasteiger partial charge in [0.15, 0.2) is 0 Å². The van der Waals surface area contributed by atoms with E-state index < -0.39 is 17.2 Å². The van der Waals surface area contributed by atoms with Gasteiger partial charge in [-0.2, -0.15) is 5.10 Å². The van der Waals surface area contributed by atoms with Crippen LogP contribution in [0.15, 0.2) is 46.2 Å². The van der Waals surface area contributed by atoms with E-state index in [1.807, 2.05) is 40.1 Å². The van der Waals surface area contributed by atoms with Gasteiger partial charge in [-0.3, -0.25) is 19.3 Å². The lowest BCUT2D eigenvalue weighted by Gasteiger charge is -2.15. The van der Waals surface area contributed by atoms with Crippen molar-refractivity contribution < 1.29 is 4.79 Å². The summed E-state index contributed by atoms with van der Waals surface area (Å²) in [5.74, 6) is -0.630. The Hall–Kier alpha value is -3.62. The van der Waals surface area contributed by atoms with Crippen LogP contribution in [-0.4, -0.2) is 25.7 Å². The summed E-state index contributed by atoms with van der Waals surface area (Å²) in [7, 11) is 0. The number of anilines is 1. The van der Waals surface area contributed by atoms with Crippen molar-refractivity contribution in [3.05, 3.63) is 68.8 Å². The van der Waals surface area contributed by atoms with Crippen LogP contribution >= 0.6 is 0 Å². The van der Waals surface area contributed by atoms with Crippen molar-refractivity contribution in [3.63, 3.8) is 0 Å². The van der Waals surface area contributed by atoms with Gasteiger partial charge in [-0.05, 0) is 30.5 Å². The fourth-order valence-corrected chi connectivity index (χ4v) is 2.88. The number of carbonyl (C=O) groups is 1. The summed E-state index contributed by atoms with van der Waals surface area (Å²) < 4.78 is 1.89. The summed E-state index contributed by atoms with van der Waals surface area (Å²) in [5.41, 5.74) is 6.26. The van der Waals surface area contributed by atoms with E-state index in [4.69, 9.17) is 5.73 Å². The topological polar surface area (TPSA) is 139 Å². The van der Waals surface area contributed by atoms with Crippen molar-refractivity contribution in [1.29, 1.82) is 0 Å².